The maximum atomic E-state index is 14.1. The number of rotatable bonds is 9. The Morgan fingerprint density at radius 1 is 1.03 bits per heavy atom. The van der Waals surface area contributed by atoms with Gasteiger partial charge in [-0.3, -0.25) is 19.2 Å². The molecule has 9 nitrogen and oxygen atoms in total. The highest BCUT2D eigenvalue weighted by Gasteiger charge is 2.52. The number of esters is 1. The normalized spacial score (nSPS) is 28.9. The topological polar surface area (TPSA) is 122 Å². The second-order valence-corrected chi connectivity index (χ2v) is 13.2. The van der Waals surface area contributed by atoms with E-state index in [9.17, 15) is 24.0 Å². The Morgan fingerprint density at radius 2 is 1.74 bits per heavy atom. The average Bonchev–Trinajstić information content (AvgIpc) is 3.61. The van der Waals surface area contributed by atoms with Crippen molar-refractivity contribution >= 4 is 29.5 Å². The van der Waals surface area contributed by atoms with E-state index < -0.39 is 29.5 Å². The van der Waals surface area contributed by atoms with Crippen molar-refractivity contribution < 1.29 is 28.7 Å². The summed E-state index contributed by atoms with van der Waals surface area (Å²) in [5.41, 5.74) is -0.607. The van der Waals surface area contributed by atoms with Gasteiger partial charge < -0.3 is 20.3 Å². The first-order valence-corrected chi connectivity index (χ1v) is 15.1. The lowest BCUT2D eigenvalue weighted by Gasteiger charge is -2.38. The van der Waals surface area contributed by atoms with Crippen LogP contribution in [-0.2, 0) is 28.7 Å². The van der Waals surface area contributed by atoms with Crippen LogP contribution >= 0.6 is 0 Å². The van der Waals surface area contributed by atoms with Gasteiger partial charge in [-0.1, -0.05) is 46.5 Å². The SMILES string of the molecule is CCOC(=O)[C@@H]1[C@H]2CCC[C@H]2CN1C(=O)[C@@H](NC(=O)[C@@H](CC(=O)[C@@H]1CCC(=O)N1)C1CCCCC1)C(C)(C)C. The van der Waals surface area contributed by atoms with Crippen LogP contribution in [0, 0.1) is 29.1 Å². The molecule has 0 spiro atoms. The van der Waals surface area contributed by atoms with E-state index in [-0.39, 0.29) is 60.3 Å². The second-order valence-electron chi connectivity index (χ2n) is 13.2. The molecule has 9 heteroatoms. The summed E-state index contributed by atoms with van der Waals surface area (Å²) in [4.78, 5) is 67.6. The van der Waals surface area contributed by atoms with Gasteiger partial charge in [0.05, 0.1) is 12.6 Å². The molecule has 0 bridgehead atoms. The zero-order valence-corrected chi connectivity index (χ0v) is 24.1. The number of ketones is 1. The van der Waals surface area contributed by atoms with Crippen LogP contribution in [0.1, 0.15) is 98.3 Å². The first-order chi connectivity index (χ1) is 18.5. The fourth-order valence-corrected chi connectivity index (χ4v) is 7.35. The molecule has 218 valence electrons. The number of carbonyl (C=O) groups is 5. The molecule has 0 aromatic rings. The molecule has 0 aromatic carbocycles. The maximum Gasteiger partial charge on any atom is 0.329 e. The Balaban J connectivity index is 1.54. The summed E-state index contributed by atoms with van der Waals surface area (Å²) in [6.07, 6.45) is 8.68. The summed E-state index contributed by atoms with van der Waals surface area (Å²) < 4.78 is 5.39. The number of hydrogen-bond acceptors (Lipinski definition) is 6. The molecule has 0 radical (unpaired) electrons. The first-order valence-electron chi connectivity index (χ1n) is 15.1. The van der Waals surface area contributed by atoms with Gasteiger partial charge in [0, 0.05) is 25.3 Å². The van der Waals surface area contributed by atoms with Gasteiger partial charge in [0.1, 0.15) is 12.1 Å². The number of likely N-dealkylation sites (tertiary alicyclic amines) is 1. The van der Waals surface area contributed by atoms with Gasteiger partial charge in [-0.2, -0.15) is 0 Å². The number of hydrogen-bond donors (Lipinski definition) is 2. The Morgan fingerprint density at radius 3 is 2.36 bits per heavy atom. The highest BCUT2D eigenvalue weighted by Crippen LogP contribution is 2.43. The van der Waals surface area contributed by atoms with Crippen molar-refractivity contribution in [2.75, 3.05) is 13.2 Å². The molecule has 4 rings (SSSR count). The van der Waals surface area contributed by atoms with E-state index in [1.807, 2.05) is 20.8 Å². The predicted octanol–water partition coefficient (Wildman–Crippen LogP) is 3.14. The highest BCUT2D eigenvalue weighted by molar-refractivity contribution is 5.96. The molecule has 2 aliphatic heterocycles. The standard InChI is InChI=1S/C30H47N3O6/c1-5-39-29(38)25-20-13-9-12-19(20)17-33(25)28(37)26(30(2,3)4)32-27(36)21(18-10-7-6-8-11-18)16-23(34)22-14-15-24(35)31-22/h18-22,25-26H,5-17H2,1-4H3,(H,31,35)(H,32,36)/t19-,20-,21-,22-,25-,26+/m0/s1. The molecule has 2 saturated carbocycles. The van der Waals surface area contributed by atoms with Crippen LogP contribution < -0.4 is 10.6 Å². The van der Waals surface area contributed by atoms with Gasteiger partial charge in [-0.25, -0.2) is 4.79 Å². The zero-order chi connectivity index (χ0) is 28.3. The van der Waals surface area contributed by atoms with Crippen LogP contribution in [0.5, 0.6) is 0 Å². The molecule has 2 heterocycles. The molecular weight excluding hydrogens is 498 g/mol. The Bertz CT molecular complexity index is 953. The Hall–Kier alpha value is -2.45. The lowest BCUT2D eigenvalue weighted by Crippen LogP contribution is -2.58. The van der Waals surface area contributed by atoms with Crippen molar-refractivity contribution in [3.05, 3.63) is 0 Å². The van der Waals surface area contributed by atoms with E-state index in [0.717, 1.165) is 51.4 Å². The Labute approximate surface area is 232 Å². The van der Waals surface area contributed by atoms with E-state index >= 15 is 0 Å². The van der Waals surface area contributed by atoms with Crippen LogP contribution in [-0.4, -0.2) is 65.7 Å². The smallest absolute Gasteiger partial charge is 0.329 e. The molecule has 2 aliphatic carbocycles. The second kappa shape index (κ2) is 12.4. The van der Waals surface area contributed by atoms with Gasteiger partial charge in [-0.15, -0.1) is 0 Å². The van der Waals surface area contributed by atoms with Crippen LogP contribution in [0.15, 0.2) is 0 Å². The van der Waals surface area contributed by atoms with Crippen molar-refractivity contribution in [1.29, 1.82) is 0 Å². The summed E-state index contributed by atoms with van der Waals surface area (Å²) >= 11 is 0. The maximum absolute atomic E-state index is 14.1. The van der Waals surface area contributed by atoms with E-state index in [4.69, 9.17) is 4.74 Å². The monoisotopic (exact) mass is 545 g/mol. The van der Waals surface area contributed by atoms with E-state index in [1.54, 1.807) is 11.8 Å². The van der Waals surface area contributed by atoms with Gasteiger partial charge in [-0.05, 0) is 62.2 Å². The summed E-state index contributed by atoms with van der Waals surface area (Å²) in [5, 5.41) is 5.81. The minimum absolute atomic E-state index is 0.0613. The third kappa shape index (κ3) is 6.65. The van der Waals surface area contributed by atoms with Crippen molar-refractivity contribution in [3.63, 3.8) is 0 Å². The van der Waals surface area contributed by atoms with Gasteiger partial charge in [0.15, 0.2) is 5.78 Å². The lowest BCUT2D eigenvalue weighted by atomic mass is 9.76. The minimum atomic E-state index is -0.840. The molecule has 6 atom stereocenters. The molecule has 0 unspecified atom stereocenters. The fourth-order valence-electron chi connectivity index (χ4n) is 7.35. The summed E-state index contributed by atoms with van der Waals surface area (Å²) in [5.74, 6) is -1.24. The fraction of sp³-hybridized carbons (Fsp3) is 0.833. The van der Waals surface area contributed by atoms with Crippen LogP contribution in [0.4, 0.5) is 0 Å². The van der Waals surface area contributed by atoms with E-state index in [1.165, 1.54) is 0 Å². The minimum Gasteiger partial charge on any atom is -0.464 e. The molecular formula is C30H47N3O6. The van der Waals surface area contributed by atoms with Gasteiger partial charge in [0.25, 0.3) is 0 Å². The lowest BCUT2D eigenvalue weighted by molar-refractivity contribution is -0.156. The largest absolute Gasteiger partial charge is 0.464 e. The number of nitrogens with zero attached hydrogens (tertiary/aromatic N) is 1. The summed E-state index contributed by atoms with van der Waals surface area (Å²) in [7, 11) is 0. The van der Waals surface area contributed by atoms with Crippen LogP contribution in [0.25, 0.3) is 0 Å². The first kappa shape index (κ1) is 29.5. The van der Waals surface area contributed by atoms with Crippen LogP contribution in [0.3, 0.4) is 0 Å². The average molecular weight is 546 g/mol. The number of amides is 3. The Kier molecular flexibility index (Phi) is 9.37. The van der Waals surface area contributed by atoms with Crippen molar-refractivity contribution in [2.24, 2.45) is 29.1 Å². The molecule has 2 N–H and O–H groups in total. The zero-order valence-electron chi connectivity index (χ0n) is 24.1. The van der Waals surface area contributed by atoms with E-state index in [0.29, 0.717) is 19.4 Å². The number of nitrogens with one attached hydrogen (secondary N) is 2. The number of Topliss-reactive ketones (excluding diaryl/α,β-unsaturated/α-hetero) is 1. The van der Waals surface area contributed by atoms with Crippen molar-refractivity contribution in [1.82, 2.24) is 15.5 Å². The highest BCUT2D eigenvalue weighted by atomic mass is 16.5. The van der Waals surface area contributed by atoms with Crippen LogP contribution in [0.2, 0.25) is 0 Å². The number of fused-ring (bicyclic) bond motifs is 1. The molecule has 0 aromatic heterocycles. The molecule has 2 saturated heterocycles. The summed E-state index contributed by atoms with van der Waals surface area (Å²) in [6, 6.07) is -1.99. The quantitative estimate of drug-likeness (QED) is 0.429. The third-order valence-electron chi connectivity index (χ3n) is 9.46. The van der Waals surface area contributed by atoms with Crippen molar-refractivity contribution in [2.45, 2.75) is 116 Å². The van der Waals surface area contributed by atoms with E-state index in [2.05, 4.69) is 10.6 Å². The molecule has 3 amide bonds. The molecule has 39 heavy (non-hydrogen) atoms. The van der Waals surface area contributed by atoms with Gasteiger partial charge in [0.2, 0.25) is 17.7 Å². The van der Waals surface area contributed by atoms with Gasteiger partial charge >= 0.3 is 5.97 Å². The summed E-state index contributed by atoms with van der Waals surface area (Å²) in [6.45, 7) is 8.28. The van der Waals surface area contributed by atoms with Crippen molar-refractivity contribution in [3.8, 4) is 0 Å². The predicted molar refractivity (Wildman–Crippen MR) is 145 cm³/mol. The molecule has 4 fully saturated rings. The molecule has 4 aliphatic rings. The number of carbonyl (C=O) groups excluding carboxylic acids is 5. The third-order valence-corrected chi connectivity index (χ3v) is 9.46. The number of ether oxygens (including phenoxy) is 1.